The van der Waals surface area contributed by atoms with Crippen LogP contribution in [0.1, 0.15) is 0 Å². The van der Waals surface area contributed by atoms with Gasteiger partial charge in [-0.25, -0.2) is 4.40 Å². The molecule has 7 heavy (non-hydrogen) atoms. The van der Waals surface area contributed by atoms with E-state index in [1.807, 2.05) is 12.2 Å². The molecule has 1 aliphatic rings. The van der Waals surface area contributed by atoms with Gasteiger partial charge in [0, 0.05) is 23.6 Å². The average Bonchev–Trinajstić information content (AvgIpc) is 1.90. The first-order valence-electron chi connectivity index (χ1n) is 1.92. The van der Waals surface area contributed by atoms with E-state index in [0.29, 0.717) is 0 Å². The molecule has 0 aliphatic carbocycles. The van der Waals surface area contributed by atoms with E-state index in [-0.39, 0.29) is 0 Å². The average molecular weight is 110 g/mol. The zero-order valence-electron chi connectivity index (χ0n) is 3.66. The predicted octanol–water partition coefficient (Wildman–Crippen LogP) is 1.59. The molecule has 0 aromatic rings. The second-order valence-electron chi connectivity index (χ2n) is 1.00. The maximum absolute atomic E-state index is 3.86. The van der Waals surface area contributed by atoms with Crippen molar-refractivity contribution in [2.75, 3.05) is 0 Å². The Morgan fingerprint density at radius 2 is 2.57 bits per heavy atom. The van der Waals surface area contributed by atoms with Crippen molar-refractivity contribution in [1.29, 1.82) is 0 Å². The van der Waals surface area contributed by atoms with Crippen molar-refractivity contribution in [1.82, 2.24) is 0 Å². The molecule has 0 unspecified atom stereocenters. The monoisotopic (exact) mass is 110 g/mol. The molecule has 0 N–H and O–H groups in total. The van der Waals surface area contributed by atoms with Crippen LogP contribution < -0.4 is 0 Å². The summed E-state index contributed by atoms with van der Waals surface area (Å²) in [5.74, 6) is 0. The molecule has 0 atom stereocenters. The Bertz CT molecular complexity index is 110. The fraction of sp³-hybridized carbons (Fsp3) is 0. The SMILES string of the molecule is [C]1=CSN=CC=C1. The Hall–Kier alpha value is -0.500. The lowest BCUT2D eigenvalue weighted by Gasteiger charge is -1.69. The van der Waals surface area contributed by atoms with E-state index in [9.17, 15) is 0 Å². The molecule has 1 nitrogen and oxygen atoms in total. The van der Waals surface area contributed by atoms with E-state index < -0.39 is 0 Å². The van der Waals surface area contributed by atoms with E-state index in [4.69, 9.17) is 0 Å². The van der Waals surface area contributed by atoms with Gasteiger partial charge in [-0.2, -0.15) is 0 Å². The summed E-state index contributed by atoms with van der Waals surface area (Å²) >= 11 is 1.39. The van der Waals surface area contributed by atoms with Crippen LogP contribution in [0.15, 0.2) is 22.0 Å². The van der Waals surface area contributed by atoms with Crippen LogP contribution in [0.3, 0.4) is 0 Å². The minimum absolute atomic E-state index is 1.39. The summed E-state index contributed by atoms with van der Waals surface area (Å²) in [6.07, 6.45) is 8.28. The molecule has 0 amide bonds. The molecule has 1 radical (unpaired) electrons. The van der Waals surface area contributed by atoms with Gasteiger partial charge < -0.3 is 0 Å². The van der Waals surface area contributed by atoms with Crippen molar-refractivity contribution in [2.24, 2.45) is 4.40 Å². The lowest BCUT2D eigenvalue weighted by Crippen LogP contribution is -1.52. The maximum Gasteiger partial charge on any atom is 0.0355 e. The second kappa shape index (κ2) is 2.64. The molecule has 0 saturated carbocycles. The van der Waals surface area contributed by atoms with Gasteiger partial charge in [0.15, 0.2) is 0 Å². The van der Waals surface area contributed by atoms with Gasteiger partial charge in [-0.05, 0) is 12.2 Å². The van der Waals surface area contributed by atoms with Crippen LogP contribution in [-0.4, -0.2) is 6.21 Å². The molecule has 0 bridgehead atoms. The summed E-state index contributed by atoms with van der Waals surface area (Å²) in [7, 11) is 0. The first-order chi connectivity index (χ1) is 3.50. The van der Waals surface area contributed by atoms with Crippen molar-refractivity contribution < 1.29 is 0 Å². The third-order valence-electron chi connectivity index (χ3n) is 0.521. The van der Waals surface area contributed by atoms with E-state index in [0.717, 1.165) is 0 Å². The molecule has 1 heterocycles. The predicted molar refractivity (Wildman–Crippen MR) is 33.0 cm³/mol. The standard InChI is InChI=1S/C5H4NS/c1-2-4-6-7-5-3-1/h1-2,4-5H. The molecule has 35 valence electrons. The molecule has 1 rings (SSSR count). The van der Waals surface area contributed by atoms with Gasteiger partial charge in [0.05, 0.1) is 0 Å². The molecule has 0 saturated heterocycles. The number of nitrogens with zero attached hydrogens (tertiary/aromatic N) is 1. The highest BCUT2D eigenvalue weighted by Crippen LogP contribution is 2.03. The number of hydrogen-bond acceptors (Lipinski definition) is 2. The highest BCUT2D eigenvalue weighted by atomic mass is 32.2. The van der Waals surface area contributed by atoms with E-state index >= 15 is 0 Å². The highest BCUT2D eigenvalue weighted by molar-refractivity contribution is 8.01. The summed E-state index contributed by atoms with van der Waals surface area (Å²) in [4.78, 5) is 0. The number of allylic oxidation sites excluding steroid dienone is 3. The van der Waals surface area contributed by atoms with E-state index in [2.05, 4.69) is 10.5 Å². The van der Waals surface area contributed by atoms with Gasteiger partial charge in [-0.3, -0.25) is 0 Å². The smallest absolute Gasteiger partial charge is 0.0355 e. The first kappa shape index (κ1) is 4.65. The van der Waals surface area contributed by atoms with Crippen molar-refractivity contribution in [3.63, 3.8) is 0 Å². The minimum Gasteiger partial charge on any atom is -0.220 e. The van der Waals surface area contributed by atoms with Crippen molar-refractivity contribution >= 4 is 18.2 Å². The van der Waals surface area contributed by atoms with E-state index in [1.54, 1.807) is 11.6 Å². The van der Waals surface area contributed by atoms with E-state index in [1.165, 1.54) is 11.9 Å². The fourth-order valence-corrected chi connectivity index (χ4v) is 0.610. The summed E-state index contributed by atoms with van der Waals surface area (Å²) < 4.78 is 3.86. The van der Waals surface area contributed by atoms with Gasteiger partial charge in [-0.15, -0.1) is 0 Å². The molecule has 2 heteroatoms. The molecule has 0 aromatic carbocycles. The van der Waals surface area contributed by atoms with Crippen molar-refractivity contribution in [2.45, 2.75) is 0 Å². The topological polar surface area (TPSA) is 12.4 Å². The van der Waals surface area contributed by atoms with Crippen LogP contribution in [0.4, 0.5) is 0 Å². The number of rotatable bonds is 0. The lowest BCUT2D eigenvalue weighted by atomic mass is 10.5. The highest BCUT2D eigenvalue weighted by Gasteiger charge is 1.72. The van der Waals surface area contributed by atoms with Gasteiger partial charge in [0.1, 0.15) is 0 Å². The molecule has 0 spiro atoms. The second-order valence-corrected chi connectivity index (χ2v) is 1.66. The third kappa shape index (κ3) is 1.59. The fourth-order valence-electron chi connectivity index (χ4n) is 0.269. The summed E-state index contributed by atoms with van der Waals surface area (Å²) in [5.41, 5.74) is 0. The van der Waals surface area contributed by atoms with Gasteiger partial charge in [0.2, 0.25) is 0 Å². The molecular weight excluding hydrogens is 106 g/mol. The van der Waals surface area contributed by atoms with Crippen LogP contribution >= 0.6 is 11.9 Å². The van der Waals surface area contributed by atoms with Crippen molar-refractivity contribution in [3.8, 4) is 0 Å². The molecular formula is C5H4NS. The molecule has 1 aliphatic heterocycles. The number of hydrogen-bond donors (Lipinski definition) is 0. The van der Waals surface area contributed by atoms with Crippen LogP contribution in [0.2, 0.25) is 0 Å². The Labute approximate surface area is 47.0 Å². The maximum atomic E-state index is 3.86. The Balaban J connectivity index is 2.60. The first-order valence-corrected chi connectivity index (χ1v) is 2.76. The Kier molecular flexibility index (Phi) is 1.75. The van der Waals surface area contributed by atoms with Crippen LogP contribution in [0.5, 0.6) is 0 Å². The third-order valence-corrected chi connectivity index (χ3v) is 1.01. The van der Waals surface area contributed by atoms with Crippen LogP contribution in [0, 0.1) is 6.08 Å². The minimum atomic E-state index is 1.39. The zero-order chi connectivity index (χ0) is 4.95. The Morgan fingerprint density at radius 3 is 3.57 bits per heavy atom. The Morgan fingerprint density at radius 1 is 1.57 bits per heavy atom. The summed E-state index contributed by atoms with van der Waals surface area (Å²) in [5, 5.41) is 1.81. The van der Waals surface area contributed by atoms with Gasteiger partial charge in [0.25, 0.3) is 0 Å². The molecule has 0 aromatic heterocycles. The van der Waals surface area contributed by atoms with Gasteiger partial charge in [-0.1, -0.05) is 6.08 Å². The van der Waals surface area contributed by atoms with Crippen LogP contribution in [-0.2, 0) is 0 Å². The largest absolute Gasteiger partial charge is 0.220 e. The lowest BCUT2D eigenvalue weighted by molar-refractivity contribution is 1.97. The summed E-state index contributed by atoms with van der Waals surface area (Å²) in [6, 6.07) is 0. The van der Waals surface area contributed by atoms with Gasteiger partial charge >= 0.3 is 0 Å². The summed E-state index contributed by atoms with van der Waals surface area (Å²) in [6.45, 7) is 0. The van der Waals surface area contributed by atoms with Crippen LogP contribution in [0.25, 0.3) is 0 Å². The normalized spacial score (nSPS) is 17.1. The quantitative estimate of drug-likeness (QED) is 0.431. The van der Waals surface area contributed by atoms with Crippen molar-refractivity contribution in [3.05, 3.63) is 23.6 Å². The molecule has 0 fully saturated rings. The zero-order valence-corrected chi connectivity index (χ0v) is 4.48.